The molecule has 0 spiro atoms. The first-order chi connectivity index (χ1) is 11.1. The van der Waals surface area contributed by atoms with Crippen molar-refractivity contribution in [2.75, 3.05) is 26.8 Å². The van der Waals surface area contributed by atoms with Crippen LogP contribution < -0.4 is 11.1 Å². The number of nitrogens with zero attached hydrogens (tertiary/aromatic N) is 1. The Bertz CT molecular complexity index is 519. The number of rotatable bonds is 6. The molecule has 1 aromatic carbocycles. The number of amides is 2. The van der Waals surface area contributed by atoms with Crippen LogP contribution in [0.15, 0.2) is 30.3 Å². The predicted molar refractivity (Wildman–Crippen MR) is 94.7 cm³/mol. The molecule has 1 unspecified atom stereocenters. The second kappa shape index (κ2) is 10.3. The van der Waals surface area contributed by atoms with E-state index in [4.69, 9.17) is 10.5 Å². The Labute approximate surface area is 149 Å². The SMILES string of the molecule is COCC(N)C(=O)N1CCC(C(=O)NCc2ccccc2)CC1.Cl. The van der Waals surface area contributed by atoms with Gasteiger partial charge in [-0.25, -0.2) is 0 Å². The topological polar surface area (TPSA) is 84.7 Å². The highest BCUT2D eigenvalue weighted by molar-refractivity contribution is 5.85. The summed E-state index contributed by atoms with van der Waals surface area (Å²) in [6, 6.07) is 9.21. The highest BCUT2D eigenvalue weighted by Crippen LogP contribution is 2.18. The number of halogens is 1. The maximum Gasteiger partial charge on any atom is 0.241 e. The fourth-order valence-corrected chi connectivity index (χ4v) is 2.78. The Balaban J connectivity index is 0.00000288. The number of benzene rings is 1. The molecule has 24 heavy (non-hydrogen) atoms. The third-order valence-electron chi connectivity index (χ3n) is 4.15. The van der Waals surface area contributed by atoms with E-state index >= 15 is 0 Å². The zero-order valence-corrected chi connectivity index (χ0v) is 14.8. The molecule has 0 aromatic heterocycles. The molecule has 1 heterocycles. The van der Waals surface area contributed by atoms with Crippen LogP contribution in [0.1, 0.15) is 18.4 Å². The minimum absolute atomic E-state index is 0. The average molecular weight is 356 g/mol. The molecule has 6 nitrogen and oxygen atoms in total. The van der Waals surface area contributed by atoms with Crippen molar-refractivity contribution in [1.82, 2.24) is 10.2 Å². The van der Waals surface area contributed by atoms with E-state index in [1.807, 2.05) is 30.3 Å². The van der Waals surface area contributed by atoms with Gasteiger partial charge in [0.1, 0.15) is 6.04 Å². The van der Waals surface area contributed by atoms with Crippen LogP contribution in [-0.2, 0) is 20.9 Å². The summed E-state index contributed by atoms with van der Waals surface area (Å²) in [5.74, 6) is -0.0847. The van der Waals surface area contributed by atoms with Crippen LogP contribution in [0.3, 0.4) is 0 Å². The molecule has 1 aliphatic heterocycles. The second-order valence-electron chi connectivity index (χ2n) is 5.86. The lowest BCUT2D eigenvalue weighted by atomic mass is 9.95. The molecule has 0 bridgehead atoms. The van der Waals surface area contributed by atoms with E-state index < -0.39 is 6.04 Å². The van der Waals surface area contributed by atoms with Gasteiger partial charge >= 0.3 is 0 Å². The third kappa shape index (κ3) is 5.78. The van der Waals surface area contributed by atoms with Crippen LogP contribution in [0.2, 0.25) is 0 Å². The number of hydrogen-bond acceptors (Lipinski definition) is 4. The summed E-state index contributed by atoms with van der Waals surface area (Å²) < 4.78 is 4.91. The van der Waals surface area contributed by atoms with Gasteiger partial charge < -0.3 is 20.7 Å². The Hall–Kier alpha value is -1.63. The zero-order chi connectivity index (χ0) is 16.7. The van der Waals surface area contributed by atoms with Gasteiger partial charge in [-0.1, -0.05) is 30.3 Å². The second-order valence-corrected chi connectivity index (χ2v) is 5.86. The number of hydrogen-bond donors (Lipinski definition) is 2. The number of carbonyl (C=O) groups excluding carboxylic acids is 2. The van der Waals surface area contributed by atoms with Crippen LogP contribution >= 0.6 is 12.4 Å². The molecule has 1 aliphatic rings. The molecule has 1 saturated heterocycles. The Morgan fingerprint density at radius 1 is 1.29 bits per heavy atom. The fourth-order valence-electron chi connectivity index (χ4n) is 2.78. The lowest BCUT2D eigenvalue weighted by Gasteiger charge is -2.32. The van der Waals surface area contributed by atoms with Crippen LogP contribution in [0.5, 0.6) is 0 Å². The van der Waals surface area contributed by atoms with E-state index in [1.165, 1.54) is 7.11 Å². The van der Waals surface area contributed by atoms with Crippen molar-refractivity contribution in [2.45, 2.75) is 25.4 Å². The first-order valence-electron chi connectivity index (χ1n) is 7.96. The minimum atomic E-state index is -0.622. The van der Waals surface area contributed by atoms with E-state index in [1.54, 1.807) is 4.90 Å². The molecule has 2 rings (SSSR count). The van der Waals surface area contributed by atoms with E-state index in [9.17, 15) is 9.59 Å². The summed E-state index contributed by atoms with van der Waals surface area (Å²) in [6.45, 7) is 1.90. The molecular weight excluding hydrogens is 330 g/mol. The zero-order valence-electron chi connectivity index (χ0n) is 13.9. The molecule has 0 aliphatic carbocycles. The van der Waals surface area contributed by atoms with Gasteiger partial charge in [0, 0.05) is 32.7 Å². The monoisotopic (exact) mass is 355 g/mol. The van der Waals surface area contributed by atoms with Gasteiger partial charge in [-0.2, -0.15) is 0 Å². The summed E-state index contributed by atoms with van der Waals surface area (Å²) in [5.41, 5.74) is 6.85. The van der Waals surface area contributed by atoms with E-state index in [-0.39, 0.29) is 36.7 Å². The maximum absolute atomic E-state index is 12.2. The summed E-state index contributed by atoms with van der Waals surface area (Å²) in [6.07, 6.45) is 1.35. The summed E-state index contributed by atoms with van der Waals surface area (Å²) in [5, 5.41) is 2.97. The number of likely N-dealkylation sites (tertiary alicyclic amines) is 1. The van der Waals surface area contributed by atoms with Gasteiger partial charge in [0.15, 0.2) is 0 Å². The third-order valence-corrected chi connectivity index (χ3v) is 4.15. The summed E-state index contributed by atoms with van der Waals surface area (Å²) in [4.78, 5) is 26.0. The fraction of sp³-hybridized carbons (Fsp3) is 0.529. The van der Waals surface area contributed by atoms with Crippen molar-refractivity contribution in [2.24, 2.45) is 11.7 Å². The number of piperidine rings is 1. The van der Waals surface area contributed by atoms with E-state index in [2.05, 4.69) is 5.32 Å². The molecule has 1 fully saturated rings. The van der Waals surface area contributed by atoms with Gasteiger partial charge in [-0.15, -0.1) is 12.4 Å². The molecule has 1 aromatic rings. The van der Waals surface area contributed by atoms with Gasteiger partial charge in [0.05, 0.1) is 6.61 Å². The van der Waals surface area contributed by atoms with Crippen molar-refractivity contribution >= 4 is 24.2 Å². The highest BCUT2D eigenvalue weighted by Gasteiger charge is 2.29. The molecule has 1 atom stereocenters. The van der Waals surface area contributed by atoms with Crippen LogP contribution in [-0.4, -0.2) is 49.6 Å². The van der Waals surface area contributed by atoms with Gasteiger partial charge in [-0.3, -0.25) is 9.59 Å². The number of ether oxygens (including phenoxy) is 1. The van der Waals surface area contributed by atoms with Crippen molar-refractivity contribution in [3.8, 4) is 0 Å². The number of nitrogens with two attached hydrogens (primary N) is 1. The number of nitrogens with one attached hydrogen (secondary N) is 1. The maximum atomic E-state index is 12.2. The lowest BCUT2D eigenvalue weighted by Crippen LogP contribution is -2.50. The van der Waals surface area contributed by atoms with Crippen molar-refractivity contribution in [3.05, 3.63) is 35.9 Å². The van der Waals surface area contributed by atoms with Crippen LogP contribution in [0, 0.1) is 5.92 Å². The molecule has 3 N–H and O–H groups in total. The molecule has 0 saturated carbocycles. The van der Waals surface area contributed by atoms with Crippen molar-refractivity contribution in [3.63, 3.8) is 0 Å². The molecular formula is C17H26ClN3O3. The van der Waals surface area contributed by atoms with Crippen LogP contribution in [0.25, 0.3) is 0 Å². The predicted octanol–water partition coefficient (Wildman–Crippen LogP) is 0.937. The first-order valence-corrected chi connectivity index (χ1v) is 7.96. The summed E-state index contributed by atoms with van der Waals surface area (Å²) >= 11 is 0. The minimum Gasteiger partial charge on any atom is -0.383 e. The normalized spacial score (nSPS) is 16.2. The first kappa shape index (κ1) is 20.4. The number of carbonyl (C=O) groups is 2. The van der Waals surface area contributed by atoms with Gasteiger partial charge in [-0.05, 0) is 18.4 Å². The van der Waals surface area contributed by atoms with Crippen molar-refractivity contribution in [1.29, 1.82) is 0 Å². The number of methoxy groups -OCH3 is 1. The average Bonchev–Trinajstić information content (AvgIpc) is 2.60. The van der Waals surface area contributed by atoms with Crippen LogP contribution in [0.4, 0.5) is 0 Å². The van der Waals surface area contributed by atoms with Gasteiger partial charge in [0.2, 0.25) is 11.8 Å². The van der Waals surface area contributed by atoms with E-state index in [0.717, 1.165) is 5.56 Å². The molecule has 7 heteroatoms. The van der Waals surface area contributed by atoms with E-state index in [0.29, 0.717) is 32.5 Å². The highest BCUT2D eigenvalue weighted by atomic mass is 35.5. The molecule has 134 valence electrons. The lowest BCUT2D eigenvalue weighted by molar-refractivity contribution is -0.137. The molecule has 0 radical (unpaired) electrons. The summed E-state index contributed by atoms with van der Waals surface area (Å²) in [7, 11) is 1.52. The Morgan fingerprint density at radius 2 is 1.92 bits per heavy atom. The molecule has 2 amide bonds. The Morgan fingerprint density at radius 3 is 2.50 bits per heavy atom. The van der Waals surface area contributed by atoms with Gasteiger partial charge in [0.25, 0.3) is 0 Å². The quantitative estimate of drug-likeness (QED) is 0.795. The largest absolute Gasteiger partial charge is 0.383 e. The Kier molecular flexibility index (Phi) is 8.74. The van der Waals surface area contributed by atoms with Crippen molar-refractivity contribution < 1.29 is 14.3 Å². The smallest absolute Gasteiger partial charge is 0.241 e. The standard InChI is InChI=1S/C17H25N3O3.ClH/c1-23-12-15(18)17(22)20-9-7-14(8-10-20)16(21)19-11-13-5-3-2-4-6-13;/h2-6,14-15H,7-12,18H2,1H3,(H,19,21);1H.